The zero-order valence-corrected chi connectivity index (χ0v) is 66.2. The number of amides is 13. The molecule has 16 atom stereocenters. The number of likely N-dealkylation sites (tertiary alicyclic amines) is 1. The molecule has 0 unspecified atom stereocenters. The molecular weight excluding hydrogens is 1430 g/mol. The van der Waals surface area contributed by atoms with Crippen molar-refractivity contribution in [3.63, 3.8) is 0 Å². The van der Waals surface area contributed by atoms with Crippen LogP contribution < -0.4 is 69.5 Å². The molecule has 2 aliphatic heterocycles. The summed E-state index contributed by atoms with van der Waals surface area (Å²) in [5.41, 5.74) is 5.61. The van der Waals surface area contributed by atoms with Gasteiger partial charge in [0, 0.05) is 13.0 Å². The summed E-state index contributed by atoms with van der Waals surface area (Å²) in [6, 6.07) is -4.57. The Kier molecular flexibility index (Phi) is 36.4. The van der Waals surface area contributed by atoms with Crippen molar-refractivity contribution < 1.29 is 90.1 Å². The van der Waals surface area contributed by atoms with E-state index in [2.05, 4.69) is 63.8 Å². The van der Waals surface area contributed by atoms with Crippen molar-refractivity contribution in [2.75, 3.05) is 13.1 Å². The molecule has 0 aliphatic carbocycles. The molecule has 2 aromatic rings. The number of benzene rings is 2. The third-order valence-electron chi connectivity index (χ3n) is 19.7. The van der Waals surface area contributed by atoms with Gasteiger partial charge in [0.25, 0.3) is 5.91 Å². The van der Waals surface area contributed by atoms with Gasteiger partial charge in [-0.2, -0.15) is 13.2 Å². The molecule has 13 amide bonds. The molecule has 30 nitrogen and oxygen atoms in total. The van der Waals surface area contributed by atoms with E-state index >= 15 is 9.59 Å². The SMILES string of the molecule is C/C=C1\NC(=O)[C@H](Cc2ccccc2)NC(=O)[C@@H](C(C)C)NC(=O)[C@@H]([C@H](C)CC)NC(=O)[C@H](NC(=O)[C@H](NC(=O)[C@H](CCCN)NC(=O)[C@H]2CCCN2C(=O)[C@H](NC(=O)[C@@H](NC(=O)[C@@H](NC(=O)[C@H](NC(=O)Cc2ccc(C(F)(F)F)cc2)C(C)C)[C@@H](C)O)C(C)C)C(C)C)[C@H](C)CC)[C@H](C)OC(=O)[C@H](C(C)C)NC1=O. The van der Waals surface area contributed by atoms with Gasteiger partial charge in [-0.1, -0.05) is 158 Å². The van der Waals surface area contributed by atoms with Crippen molar-refractivity contribution in [1.82, 2.24) is 68.7 Å². The number of rotatable bonds is 31. The van der Waals surface area contributed by atoms with Crippen molar-refractivity contribution in [1.29, 1.82) is 0 Å². The number of hydrogen-bond acceptors (Lipinski definition) is 17. The van der Waals surface area contributed by atoms with Crippen LogP contribution >= 0.6 is 0 Å². The predicted octanol–water partition coefficient (Wildman–Crippen LogP) is 2.27. The van der Waals surface area contributed by atoms with Crippen LogP contribution in [0.3, 0.4) is 0 Å². The quantitative estimate of drug-likeness (QED) is 0.0380. The first-order valence-electron chi connectivity index (χ1n) is 37.9. The molecule has 33 heteroatoms. The molecule has 0 aromatic heterocycles. The zero-order valence-electron chi connectivity index (χ0n) is 66.2. The number of nitrogens with two attached hydrogens (primary N) is 1. The number of nitrogens with zero attached hydrogens (tertiary/aromatic N) is 1. The lowest BCUT2D eigenvalue weighted by Crippen LogP contribution is -2.64. The number of carbonyl (C=O) groups excluding carboxylic acids is 14. The normalized spacial score (nSPS) is 22.2. The fourth-order valence-corrected chi connectivity index (χ4v) is 12.4. The minimum atomic E-state index is -4.60. The number of cyclic esters (lactones) is 1. The highest BCUT2D eigenvalue weighted by Crippen LogP contribution is 2.30. The minimum Gasteiger partial charge on any atom is -0.458 e. The molecule has 612 valence electrons. The highest BCUT2D eigenvalue weighted by atomic mass is 19.4. The molecule has 2 fully saturated rings. The Morgan fingerprint density at radius 3 is 1.68 bits per heavy atom. The summed E-state index contributed by atoms with van der Waals surface area (Å²) in [6.07, 6.45) is -5.93. The van der Waals surface area contributed by atoms with Gasteiger partial charge in [-0.3, -0.25) is 62.3 Å². The van der Waals surface area contributed by atoms with Crippen molar-refractivity contribution >= 4 is 82.8 Å². The largest absolute Gasteiger partial charge is 0.458 e. The monoisotopic (exact) mass is 1550 g/mol. The van der Waals surface area contributed by atoms with Gasteiger partial charge < -0.3 is 84.3 Å². The van der Waals surface area contributed by atoms with Gasteiger partial charge >= 0.3 is 12.1 Å². The number of aliphatic hydroxyl groups excluding tert-OH is 1. The first-order valence-corrected chi connectivity index (χ1v) is 37.9. The maximum Gasteiger partial charge on any atom is 0.416 e. The lowest BCUT2D eigenvalue weighted by atomic mass is 9.95. The lowest BCUT2D eigenvalue weighted by Gasteiger charge is -2.33. The first-order chi connectivity index (χ1) is 51.5. The standard InChI is InChI=1S/C77H117F3N14O16/c1-18-43(14)60(72(105)93-63-46(17)110-76(109)59(42(12)13)89-64(97)50(20-3)82-66(99)52(36-47-26-22-21-23-27-47)84-68(101)56(39(6)7)86-71(104)61(44(15)19-2)91-74(63)107)90-65(98)51(28-24-34-81)83-67(100)53-29-25-35-94(53)75(108)58(41(10)11)88-70(103)57(40(8)9)87-73(106)62(45(16)95)92-69(102)55(38(4)5)85-54(96)37-48-30-32-49(33-31-48)77(78,79)80/h20-23,26-27,30-33,38-46,51-53,55-63,95H,18-19,24-25,28-29,34-37,81H2,1-17H3,(H,82,99)(H,83,100)(H,84,101)(H,85,96)(H,86,104)(H,87,106)(H,88,103)(H,89,97)(H,90,98)(H,91,107)(H,92,102)(H,93,105)/b50-20-/t43-,44-,45-,46+,51+,52+,53-,55-,56-,57+,58-,59+,60-,61-,62+,63-/m1/s1. The second-order valence-corrected chi connectivity index (χ2v) is 30.3. The molecule has 0 spiro atoms. The molecule has 110 heavy (non-hydrogen) atoms. The van der Waals surface area contributed by atoms with E-state index in [1.807, 2.05) is 0 Å². The van der Waals surface area contributed by atoms with Crippen molar-refractivity contribution in [2.24, 2.45) is 47.2 Å². The Balaban J connectivity index is 1.61. The molecule has 2 aliphatic rings. The fraction of sp³-hybridized carbons (Fsp3) is 0.636. The van der Waals surface area contributed by atoms with Crippen LogP contribution in [0.5, 0.6) is 0 Å². The summed E-state index contributed by atoms with van der Waals surface area (Å²) in [6.45, 7) is 26.9. The number of carbonyl (C=O) groups is 14. The Hall–Kier alpha value is -9.53. The molecule has 0 bridgehead atoms. The second-order valence-electron chi connectivity index (χ2n) is 30.3. The molecular formula is C77H117F3N14O16. The highest BCUT2D eigenvalue weighted by molar-refractivity contribution is 6.03. The van der Waals surface area contributed by atoms with Crippen LogP contribution in [0.2, 0.25) is 0 Å². The van der Waals surface area contributed by atoms with Crippen LogP contribution in [0.15, 0.2) is 66.4 Å². The van der Waals surface area contributed by atoms with Crippen LogP contribution in [0, 0.1) is 41.4 Å². The molecule has 2 heterocycles. The smallest absolute Gasteiger partial charge is 0.416 e. The van der Waals surface area contributed by atoms with Crippen LogP contribution in [-0.4, -0.2) is 191 Å². The first kappa shape index (κ1) is 92.9. The molecule has 2 aromatic carbocycles. The van der Waals surface area contributed by atoms with E-state index in [0.29, 0.717) is 12.0 Å². The minimum absolute atomic E-state index is 0.0271. The Morgan fingerprint density at radius 2 is 1.15 bits per heavy atom. The van der Waals surface area contributed by atoms with E-state index in [9.17, 15) is 75.8 Å². The third kappa shape index (κ3) is 26.9. The number of halogens is 3. The summed E-state index contributed by atoms with van der Waals surface area (Å²) in [4.78, 5) is 203. The Morgan fingerprint density at radius 1 is 0.618 bits per heavy atom. The number of aliphatic hydroxyl groups is 1. The summed E-state index contributed by atoms with van der Waals surface area (Å²) >= 11 is 0. The van der Waals surface area contributed by atoms with E-state index in [0.717, 1.165) is 24.3 Å². The van der Waals surface area contributed by atoms with E-state index < -0.39 is 227 Å². The zero-order chi connectivity index (χ0) is 82.9. The van der Waals surface area contributed by atoms with Crippen LogP contribution in [-0.2, 0) is 90.9 Å². The maximum atomic E-state index is 15.1. The summed E-state index contributed by atoms with van der Waals surface area (Å²) < 4.78 is 45.5. The fourth-order valence-electron chi connectivity index (χ4n) is 12.4. The van der Waals surface area contributed by atoms with Crippen molar-refractivity contribution in [3.8, 4) is 0 Å². The Bertz CT molecular complexity index is 3560. The summed E-state index contributed by atoms with van der Waals surface area (Å²) in [5.74, 6) is -16.9. The van der Waals surface area contributed by atoms with Crippen LogP contribution in [0.25, 0.3) is 0 Å². The van der Waals surface area contributed by atoms with Gasteiger partial charge in [0.05, 0.1) is 18.1 Å². The van der Waals surface area contributed by atoms with Crippen LogP contribution in [0.1, 0.15) is 173 Å². The van der Waals surface area contributed by atoms with Crippen molar-refractivity contribution in [2.45, 2.75) is 260 Å². The highest BCUT2D eigenvalue weighted by Gasteiger charge is 2.45. The molecule has 0 radical (unpaired) electrons. The average molecular weight is 1550 g/mol. The van der Waals surface area contributed by atoms with E-state index in [4.69, 9.17) is 10.5 Å². The number of ether oxygens (including phenoxy) is 1. The lowest BCUT2D eigenvalue weighted by molar-refractivity contribution is -0.157. The average Bonchev–Trinajstić information content (AvgIpc) is 1.57. The van der Waals surface area contributed by atoms with Crippen molar-refractivity contribution in [3.05, 3.63) is 83.1 Å². The van der Waals surface area contributed by atoms with Gasteiger partial charge in [0.2, 0.25) is 70.9 Å². The molecule has 15 N–H and O–H groups in total. The van der Waals surface area contributed by atoms with Gasteiger partial charge in [-0.15, -0.1) is 0 Å². The van der Waals surface area contributed by atoms with Gasteiger partial charge in [0.1, 0.15) is 84.3 Å². The number of alkyl halides is 3. The summed E-state index contributed by atoms with van der Waals surface area (Å²) in [7, 11) is 0. The Labute approximate surface area is 642 Å². The number of allylic oxidation sites excluding steroid dienone is 1. The second kappa shape index (κ2) is 43.2. The third-order valence-corrected chi connectivity index (χ3v) is 19.7. The van der Waals surface area contributed by atoms with Gasteiger partial charge in [0.15, 0.2) is 0 Å². The van der Waals surface area contributed by atoms with E-state index in [1.54, 1.807) is 127 Å². The van der Waals surface area contributed by atoms with Gasteiger partial charge in [-0.25, -0.2) is 4.79 Å². The summed E-state index contributed by atoms with van der Waals surface area (Å²) in [5, 5.41) is 42.6. The number of esters is 1. The number of nitrogens with one attached hydrogen (secondary N) is 12. The van der Waals surface area contributed by atoms with E-state index in [-0.39, 0.29) is 62.9 Å². The van der Waals surface area contributed by atoms with Crippen LogP contribution in [0.4, 0.5) is 13.2 Å². The molecule has 2 saturated heterocycles. The number of hydrogen-bond donors (Lipinski definition) is 14. The van der Waals surface area contributed by atoms with E-state index in [1.165, 1.54) is 31.7 Å². The predicted molar refractivity (Wildman–Crippen MR) is 402 cm³/mol. The molecule has 0 saturated carbocycles. The maximum absolute atomic E-state index is 15.1. The molecule has 4 rings (SSSR count). The van der Waals surface area contributed by atoms with Gasteiger partial charge in [-0.05, 0) is 118 Å². The topological polar surface area (TPSA) is 442 Å².